The molecule has 0 spiro atoms. The Hall–Kier alpha value is -0.830. The summed E-state index contributed by atoms with van der Waals surface area (Å²) in [5, 5.41) is 6.79. The van der Waals surface area contributed by atoms with Crippen LogP contribution < -0.4 is 5.73 Å². The van der Waals surface area contributed by atoms with Gasteiger partial charge in [0, 0.05) is 6.20 Å². The number of aromatic nitrogens is 2. The summed E-state index contributed by atoms with van der Waals surface area (Å²) in [6.45, 7) is 5.31. The second kappa shape index (κ2) is 2.33. The molecule has 0 bridgehead atoms. The average Bonchev–Trinajstić information content (AvgIpc) is 2.50. The molecule has 1 aromatic rings. The van der Waals surface area contributed by atoms with Crippen molar-refractivity contribution in [2.24, 2.45) is 17.1 Å². The minimum atomic E-state index is 0.374. The van der Waals surface area contributed by atoms with Crippen LogP contribution in [-0.2, 0) is 0 Å². The van der Waals surface area contributed by atoms with Gasteiger partial charge in [0.1, 0.15) is 0 Å². The fourth-order valence-corrected chi connectivity index (χ4v) is 2.28. The van der Waals surface area contributed by atoms with Crippen molar-refractivity contribution in [1.29, 1.82) is 0 Å². The molecule has 0 aliphatic heterocycles. The van der Waals surface area contributed by atoms with Gasteiger partial charge in [-0.05, 0) is 29.4 Å². The van der Waals surface area contributed by atoms with Crippen LogP contribution in [0.2, 0.25) is 0 Å². The topological polar surface area (TPSA) is 54.7 Å². The van der Waals surface area contributed by atoms with Gasteiger partial charge in [0.05, 0.1) is 6.20 Å². The van der Waals surface area contributed by atoms with Crippen molar-refractivity contribution in [3.05, 3.63) is 18.0 Å². The molecule has 3 heteroatoms. The fourth-order valence-electron chi connectivity index (χ4n) is 2.28. The third-order valence-corrected chi connectivity index (χ3v) is 3.18. The summed E-state index contributed by atoms with van der Waals surface area (Å²) < 4.78 is 0. The molecular formula is C9H15N3. The largest absolute Gasteiger partial charge is 0.330 e. The van der Waals surface area contributed by atoms with Gasteiger partial charge in [0.15, 0.2) is 0 Å². The molecular weight excluding hydrogens is 150 g/mol. The third-order valence-electron chi connectivity index (χ3n) is 3.18. The van der Waals surface area contributed by atoms with Crippen molar-refractivity contribution in [3.8, 4) is 0 Å². The minimum absolute atomic E-state index is 0.374. The molecule has 1 aromatic heterocycles. The van der Waals surface area contributed by atoms with Gasteiger partial charge in [0.25, 0.3) is 0 Å². The van der Waals surface area contributed by atoms with Crippen LogP contribution >= 0.6 is 0 Å². The first-order valence-electron chi connectivity index (χ1n) is 4.36. The molecule has 2 unspecified atom stereocenters. The van der Waals surface area contributed by atoms with Crippen molar-refractivity contribution < 1.29 is 0 Å². The summed E-state index contributed by atoms with van der Waals surface area (Å²) in [6.07, 6.45) is 3.88. The molecule has 2 rings (SSSR count). The Morgan fingerprint density at radius 1 is 1.67 bits per heavy atom. The van der Waals surface area contributed by atoms with E-state index >= 15 is 0 Å². The van der Waals surface area contributed by atoms with E-state index in [9.17, 15) is 0 Å². The number of nitrogens with one attached hydrogen (secondary N) is 1. The van der Waals surface area contributed by atoms with Crippen LogP contribution in [-0.4, -0.2) is 16.7 Å². The second-order valence-corrected chi connectivity index (χ2v) is 4.17. The van der Waals surface area contributed by atoms with Gasteiger partial charge in [-0.2, -0.15) is 5.10 Å². The lowest BCUT2D eigenvalue weighted by molar-refractivity contribution is 0.558. The van der Waals surface area contributed by atoms with Gasteiger partial charge >= 0.3 is 0 Å². The van der Waals surface area contributed by atoms with Crippen LogP contribution in [0.25, 0.3) is 0 Å². The lowest BCUT2D eigenvalue weighted by Crippen LogP contribution is -2.05. The summed E-state index contributed by atoms with van der Waals surface area (Å²) in [6, 6.07) is 0. The van der Waals surface area contributed by atoms with E-state index in [1.165, 1.54) is 5.56 Å². The first-order chi connectivity index (χ1) is 5.68. The lowest BCUT2D eigenvalue weighted by Gasteiger charge is -1.98. The number of H-pyrrole nitrogens is 1. The van der Waals surface area contributed by atoms with Gasteiger partial charge in [-0.3, -0.25) is 5.10 Å². The molecule has 3 nitrogen and oxygen atoms in total. The van der Waals surface area contributed by atoms with E-state index < -0.39 is 0 Å². The van der Waals surface area contributed by atoms with E-state index in [2.05, 4.69) is 24.0 Å². The van der Waals surface area contributed by atoms with E-state index in [0.29, 0.717) is 17.3 Å². The minimum Gasteiger partial charge on any atom is -0.330 e. The van der Waals surface area contributed by atoms with Gasteiger partial charge in [-0.1, -0.05) is 13.8 Å². The van der Waals surface area contributed by atoms with E-state index in [-0.39, 0.29) is 0 Å². The molecule has 0 radical (unpaired) electrons. The molecule has 66 valence electrons. The highest BCUT2D eigenvalue weighted by Gasteiger charge is 2.57. The molecule has 1 saturated carbocycles. The third kappa shape index (κ3) is 0.894. The van der Waals surface area contributed by atoms with Crippen LogP contribution in [0.15, 0.2) is 12.4 Å². The Morgan fingerprint density at radius 3 is 2.83 bits per heavy atom. The average molecular weight is 165 g/mol. The van der Waals surface area contributed by atoms with Crippen molar-refractivity contribution in [1.82, 2.24) is 10.2 Å². The normalized spacial score (nSPS) is 31.9. The number of nitrogens with two attached hydrogens (primary N) is 1. The smallest absolute Gasteiger partial charge is 0.0522 e. The SMILES string of the molecule is CC1(C)C(CN)C1c1cn[nH]c1. The lowest BCUT2D eigenvalue weighted by atomic mass is 10.1. The Balaban J connectivity index is 2.19. The highest BCUT2D eigenvalue weighted by molar-refractivity contribution is 5.27. The van der Waals surface area contributed by atoms with E-state index in [4.69, 9.17) is 5.73 Å². The summed E-state index contributed by atoms with van der Waals surface area (Å²) in [4.78, 5) is 0. The van der Waals surface area contributed by atoms with Crippen molar-refractivity contribution in [2.45, 2.75) is 19.8 Å². The van der Waals surface area contributed by atoms with Crippen LogP contribution in [0.1, 0.15) is 25.3 Å². The predicted molar refractivity (Wildman–Crippen MR) is 47.7 cm³/mol. The molecule has 0 amide bonds. The van der Waals surface area contributed by atoms with Gasteiger partial charge in [-0.25, -0.2) is 0 Å². The summed E-state index contributed by atoms with van der Waals surface area (Å²) in [5.74, 6) is 1.25. The monoisotopic (exact) mass is 165 g/mol. The van der Waals surface area contributed by atoms with E-state index in [0.717, 1.165) is 6.54 Å². The molecule has 1 fully saturated rings. The standard InChI is InChI=1S/C9H15N3/c1-9(2)7(3-10)8(9)6-4-11-12-5-6/h4-5,7-8H,3,10H2,1-2H3,(H,11,12). The number of rotatable bonds is 2. The van der Waals surface area contributed by atoms with Gasteiger partial charge in [0.2, 0.25) is 0 Å². The fraction of sp³-hybridized carbons (Fsp3) is 0.667. The number of nitrogens with zero attached hydrogens (tertiary/aromatic N) is 1. The van der Waals surface area contributed by atoms with Crippen molar-refractivity contribution in [3.63, 3.8) is 0 Å². The first kappa shape index (κ1) is 7.80. The first-order valence-corrected chi connectivity index (χ1v) is 4.36. The van der Waals surface area contributed by atoms with Crippen molar-refractivity contribution in [2.75, 3.05) is 6.54 Å². The maximum absolute atomic E-state index is 5.68. The van der Waals surface area contributed by atoms with E-state index in [1.807, 2.05) is 12.4 Å². The predicted octanol–water partition coefficient (Wildman–Crippen LogP) is 1.11. The van der Waals surface area contributed by atoms with Crippen molar-refractivity contribution >= 4 is 0 Å². The Morgan fingerprint density at radius 2 is 2.42 bits per heavy atom. The highest BCUT2D eigenvalue weighted by Crippen LogP contribution is 2.63. The zero-order chi connectivity index (χ0) is 8.77. The molecule has 3 N–H and O–H groups in total. The zero-order valence-corrected chi connectivity index (χ0v) is 7.54. The highest BCUT2D eigenvalue weighted by atomic mass is 15.1. The molecule has 12 heavy (non-hydrogen) atoms. The molecule has 1 heterocycles. The molecule has 1 aliphatic rings. The number of hydrogen-bond acceptors (Lipinski definition) is 2. The van der Waals surface area contributed by atoms with Crippen LogP contribution in [0.3, 0.4) is 0 Å². The van der Waals surface area contributed by atoms with Gasteiger partial charge < -0.3 is 5.73 Å². The number of hydrogen-bond donors (Lipinski definition) is 2. The molecule has 1 aliphatic carbocycles. The van der Waals surface area contributed by atoms with Crippen LogP contribution in [0.5, 0.6) is 0 Å². The van der Waals surface area contributed by atoms with Crippen LogP contribution in [0, 0.1) is 11.3 Å². The van der Waals surface area contributed by atoms with Crippen LogP contribution in [0.4, 0.5) is 0 Å². The zero-order valence-electron chi connectivity index (χ0n) is 7.54. The second-order valence-electron chi connectivity index (χ2n) is 4.17. The molecule has 2 atom stereocenters. The summed E-state index contributed by atoms with van der Waals surface area (Å²) >= 11 is 0. The molecule has 0 aromatic carbocycles. The quantitative estimate of drug-likeness (QED) is 0.689. The maximum Gasteiger partial charge on any atom is 0.0522 e. The Kier molecular flexibility index (Phi) is 1.51. The summed E-state index contributed by atoms with van der Waals surface area (Å²) in [7, 11) is 0. The van der Waals surface area contributed by atoms with Gasteiger partial charge in [-0.15, -0.1) is 0 Å². The maximum atomic E-state index is 5.68. The van der Waals surface area contributed by atoms with E-state index in [1.54, 1.807) is 0 Å². The summed E-state index contributed by atoms with van der Waals surface area (Å²) in [5.41, 5.74) is 7.35. The Bertz CT molecular complexity index is 263. The molecule has 0 saturated heterocycles. The number of aromatic amines is 1. The Labute approximate surface area is 72.4 Å².